The number of hydrogen-bond donors (Lipinski definition) is 2. The van der Waals surface area contributed by atoms with Crippen LogP contribution in [0.5, 0.6) is 0 Å². The molecule has 0 fully saturated rings. The lowest BCUT2D eigenvalue weighted by molar-refractivity contribution is 0.777. The second-order valence-electron chi connectivity index (χ2n) is 3.97. The predicted octanol–water partition coefficient (Wildman–Crippen LogP) is 2.25. The van der Waals surface area contributed by atoms with E-state index in [1.807, 2.05) is 19.2 Å². The maximum Gasteiger partial charge on any atom is 0.135 e. The summed E-state index contributed by atoms with van der Waals surface area (Å²) in [7, 11) is 0. The van der Waals surface area contributed by atoms with E-state index < -0.39 is 0 Å². The van der Waals surface area contributed by atoms with Crippen LogP contribution < -0.4 is 11.1 Å². The molecule has 6 heteroatoms. The predicted molar refractivity (Wildman–Crippen MR) is 70.0 cm³/mol. The topological polar surface area (TPSA) is 76.7 Å². The van der Waals surface area contributed by atoms with Gasteiger partial charge in [0.15, 0.2) is 0 Å². The molecule has 90 valence electrons. The van der Waals surface area contributed by atoms with Crippen molar-refractivity contribution < 1.29 is 0 Å². The van der Waals surface area contributed by atoms with Crippen LogP contribution in [-0.2, 0) is 6.54 Å². The minimum atomic E-state index is 0.263. The second-order valence-corrected chi connectivity index (χ2v) is 4.95. The average Bonchev–Trinajstić information content (AvgIpc) is 2.78. The first-order chi connectivity index (χ1) is 8.15. The van der Waals surface area contributed by atoms with Gasteiger partial charge in [0.05, 0.1) is 6.54 Å². The Labute approximate surface area is 104 Å². The highest BCUT2D eigenvalue weighted by Crippen LogP contribution is 2.16. The van der Waals surface area contributed by atoms with E-state index in [2.05, 4.69) is 20.3 Å². The van der Waals surface area contributed by atoms with E-state index in [-0.39, 0.29) is 5.92 Å². The van der Waals surface area contributed by atoms with Crippen molar-refractivity contribution in [2.45, 2.75) is 26.3 Å². The largest absolute Gasteiger partial charge is 0.384 e. The first-order valence-electron chi connectivity index (χ1n) is 5.42. The van der Waals surface area contributed by atoms with E-state index in [0.717, 1.165) is 16.6 Å². The molecule has 0 aliphatic heterocycles. The molecule has 0 aliphatic rings. The number of rotatable bonds is 4. The second kappa shape index (κ2) is 5.09. The highest BCUT2D eigenvalue weighted by Gasteiger charge is 2.06. The number of aromatic nitrogens is 3. The summed E-state index contributed by atoms with van der Waals surface area (Å²) in [6, 6.07) is 1.74. The molecular weight excluding hydrogens is 234 g/mol. The highest BCUT2D eigenvalue weighted by atomic mass is 32.1. The Morgan fingerprint density at radius 3 is 2.88 bits per heavy atom. The van der Waals surface area contributed by atoms with E-state index in [1.165, 1.54) is 0 Å². The molecule has 0 radical (unpaired) electrons. The molecule has 0 saturated heterocycles. The van der Waals surface area contributed by atoms with Gasteiger partial charge >= 0.3 is 0 Å². The van der Waals surface area contributed by atoms with E-state index >= 15 is 0 Å². The summed E-state index contributed by atoms with van der Waals surface area (Å²) in [5.41, 5.74) is 5.74. The van der Waals surface area contributed by atoms with Gasteiger partial charge in [-0.3, -0.25) is 0 Å². The van der Waals surface area contributed by atoms with Crippen LogP contribution >= 0.6 is 11.3 Å². The summed E-state index contributed by atoms with van der Waals surface area (Å²) >= 11 is 1.61. The lowest BCUT2D eigenvalue weighted by Crippen LogP contribution is -2.07. The van der Waals surface area contributed by atoms with Gasteiger partial charge in [-0.05, 0) is 0 Å². The van der Waals surface area contributed by atoms with E-state index in [0.29, 0.717) is 12.4 Å². The number of nitrogens with zero attached hydrogens (tertiary/aromatic N) is 3. The molecule has 0 bridgehead atoms. The molecule has 0 atom stereocenters. The zero-order valence-corrected chi connectivity index (χ0v) is 10.7. The smallest absolute Gasteiger partial charge is 0.135 e. The van der Waals surface area contributed by atoms with Gasteiger partial charge in [0.1, 0.15) is 22.5 Å². The van der Waals surface area contributed by atoms with E-state index in [4.69, 9.17) is 5.73 Å². The fraction of sp³-hybridized carbons (Fsp3) is 0.364. The van der Waals surface area contributed by atoms with Crippen molar-refractivity contribution in [2.75, 3.05) is 11.1 Å². The zero-order chi connectivity index (χ0) is 12.3. The van der Waals surface area contributed by atoms with Crippen LogP contribution in [0.15, 0.2) is 17.6 Å². The summed E-state index contributed by atoms with van der Waals surface area (Å²) in [4.78, 5) is 12.8. The zero-order valence-electron chi connectivity index (χ0n) is 9.84. The fourth-order valence-electron chi connectivity index (χ4n) is 1.34. The van der Waals surface area contributed by atoms with Gasteiger partial charge < -0.3 is 11.1 Å². The summed E-state index contributed by atoms with van der Waals surface area (Å²) < 4.78 is 0. The summed E-state index contributed by atoms with van der Waals surface area (Å²) in [6.45, 7) is 4.74. The Bertz CT molecular complexity index is 481. The molecule has 2 aromatic rings. The van der Waals surface area contributed by atoms with Crippen molar-refractivity contribution in [3.63, 3.8) is 0 Å². The van der Waals surface area contributed by atoms with Crippen LogP contribution in [0.25, 0.3) is 0 Å². The van der Waals surface area contributed by atoms with Gasteiger partial charge in [-0.25, -0.2) is 15.0 Å². The first kappa shape index (κ1) is 11.8. The van der Waals surface area contributed by atoms with Gasteiger partial charge in [0.2, 0.25) is 0 Å². The molecule has 2 aromatic heterocycles. The number of nitrogens with two attached hydrogens (primary N) is 1. The lowest BCUT2D eigenvalue weighted by atomic mass is 10.2. The Morgan fingerprint density at radius 1 is 1.41 bits per heavy atom. The summed E-state index contributed by atoms with van der Waals surface area (Å²) in [5, 5.41) is 6.17. The minimum Gasteiger partial charge on any atom is -0.384 e. The fourth-order valence-corrected chi connectivity index (χ4v) is 1.90. The maximum atomic E-state index is 5.74. The molecule has 5 nitrogen and oxygen atoms in total. The molecule has 0 spiro atoms. The first-order valence-corrected chi connectivity index (χ1v) is 6.30. The number of nitrogen functional groups attached to an aromatic ring is 1. The third-order valence-electron chi connectivity index (χ3n) is 2.18. The SMILES string of the molecule is CC(C)c1nc(N)cc(NCc2nccs2)n1. The van der Waals surface area contributed by atoms with Crippen LogP contribution in [0.3, 0.4) is 0 Å². The minimum absolute atomic E-state index is 0.263. The normalized spacial score (nSPS) is 10.8. The average molecular weight is 249 g/mol. The molecule has 2 heterocycles. The van der Waals surface area contributed by atoms with Crippen molar-refractivity contribution in [3.8, 4) is 0 Å². The van der Waals surface area contributed by atoms with Crippen LogP contribution in [0.4, 0.5) is 11.6 Å². The standard InChI is InChI=1S/C11H15N5S/c1-7(2)11-15-8(12)5-9(16-11)14-6-10-13-3-4-17-10/h3-5,7H,6H2,1-2H3,(H3,12,14,15,16). The third kappa shape index (κ3) is 3.13. The van der Waals surface area contributed by atoms with Crippen molar-refractivity contribution in [1.82, 2.24) is 15.0 Å². The molecule has 0 saturated carbocycles. The van der Waals surface area contributed by atoms with Gasteiger partial charge in [0.25, 0.3) is 0 Å². The molecular formula is C11H15N5S. The quantitative estimate of drug-likeness (QED) is 0.869. The third-order valence-corrected chi connectivity index (χ3v) is 2.96. The Balaban J connectivity index is 2.10. The molecule has 0 aromatic carbocycles. The molecule has 0 aliphatic carbocycles. The number of thiazole rings is 1. The molecule has 2 rings (SSSR count). The number of nitrogens with one attached hydrogen (secondary N) is 1. The van der Waals surface area contributed by atoms with E-state index in [1.54, 1.807) is 23.6 Å². The Morgan fingerprint density at radius 2 is 2.24 bits per heavy atom. The van der Waals surface area contributed by atoms with E-state index in [9.17, 15) is 0 Å². The van der Waals surface area contributed by atoms with Gasteiger partial charge in [-0.15, -0.1) is 11.3 Å². The molecule has 0 unspecified atom stereocenters. The highest BCUT2D eigenvalue weighted by molar-refractivity contribution is 7.09. The monoisotopic (exact) mass is 249 g/mol. The molecule has 17 heavy (non-hydrogen) atoms. The van der Waals surface area contributed by atoms with Crippen LogP contribution in [0.1, 0.15) is 30.6 Å². The molecule has 3 N–H and O–H groups in total. The van der Waals surface area contributed by atoms with Crippen molar-refractivity contribution >= 4 is 23.0 Å². The van der Waals surface area contributed by atoms with Gasteiger partial charge in [0, 0.05) is 23.6 Å². The van der Waals surface area contributed by atoms with Gasteiger partial charge in [-0.1, -0.05) is 13.8 Å². The number of hydrogen-bond acceptors (Lipinski definition) is 6. The van der Waals surface area contributed by atoms with Crippen LogP contribution in [0, 0.1) is 0 Å². The van der Waals surface area contributed by atoms with Crippen LogP contribution in [-0.4, -0.2) is 15.0 Å². The molecule has 0 amide bonds. The van der Waals surface area contributed by atoms with Crippen molar-refractivity contribution in [2.24, 2.45) is 0 Å². The number of anilines is 2. The lowest BCUT2D eigenvalue weighted by Gasteiger charge is -2.09. The maximum absolute atomic E-state index is 5.74. The Kier molecular flexibility index (Phi) is 3.53. The van der Waals surface area contributed by atoms with Crippen molar-refractivity contribution in [3.05, 3.63) is 28.5 Å². The Hall–Kier alpha value is -1.69. The van der Waals surface area contributed by atoms with Crippen molar-refractivity contribution in [1.29, 1.82) is 0 Å². The summed E-state index contributed by atoms with van der Waals surface area (Å²) in [5.74, 6) is 2.26. The summed E-state index contributed by atoms with van der Waals surface area (Å²) in [6.07, 6.45) is 1.79. The van der Waals surface area contributed by atoms with Crippen LogP contribution in [0.2, 0.25) is 0 Å². The van der Waals surface area contributed by atoms with Gasteiger partial charge in [-0.2, -0.15) is 0 Å².